The Morgan fingerprint density at radius 1 is 1.38 bits per heavy atom. The van der Waals surface area contributed by atoms with Crippen molar-refractivity contribution in [3.8, 4) is 10.4 Å². The van der Waals surface area contributed by atoms with E-state index in [0.29, 0.717) is 17.8 Å². The monoisotopic (exact) mass is 415 g/mol. The number of cyclic esters (lactones) is 1. The number of aromatic nitrogens is 3. The van der Waals surface area contributed by atoms with Crippen LogP contribution in [0.4, 0.5) is 14.9 Å². The highest BCUT2D eigenvalue weighted by molar-refractivity contribution is 7.15. The van der Waals surface area contributed by atoms with E-state index in [1.807, 2.05) is 12.1 Å². The maximum atomic E-state index is 14.8. The third-order valence-electron chi connectivity index (χ3n) is 4.43. The summed E-state index contributed by atoms with van der Waals surface area (Å²) in [5.41, 5.74) is 0.881. The zero-order valence-corrected chi connectivity index (χ0v) is 16.4. The number of amides is 2. The second kappa shape index (κ2) is 8.00. The largest absolute Gasteiger partial charge is 0.442 e. The van der Waals surface area contributed by atoms with Gasteiger partial charge < -0.3 is 10.1 Å². The standard InChI is InChI=1S/C19H18FN5O3S/c1-12(26)21-9-14-10-25(19(27)28-14)13-2-4-16(17(20)8-13)18-5-3-15(29-18)11-24-7-6-22-23-24/h2-8,14H,9-11H2,1H3,(H,21,26)/t14-/m0/s1. The van der Waals surface area contributed by atoms with Gasteiger partial charge in [-0.2, -0.15) is 0 Å². The zero-order valence-electron chi connectivity index (χ0n) is 15.5. The number of nitrogens with one attached hydrogen (secondary N) is 1. The molecule has 1 fully saturated rings. The van der Waals surface area contributed by atoms with E-state index in [9.17, 15) is 14.0 Å². The van der Waals surface area contributed by atoms with E-state index in [-0.39, 0.29) is 19.0 Å². The maximum absolute atomic E-state index is 14.8. The Morgan fingerprint density at radius 2 is 2.24 bits per heavy atom. The summed E-state index contributed by atoms with van der Waals surface area (Å²) >= 11 is 1.47. The number of nitrogens with zero attached hydrogens (tertiary/aromatic N) is 4. The van der Waals surface area contributed by atoms with Gasteiger partial charge in [0.2, 0.25) is 5.91 Å². The van der Waals surface area contributed by atoms with Gasteiger partial charge in [0.25, 0.3) is 0 Å². The average molecular weight is 415 g/mol. The number of anilines is 1. The Kier molecular flexibility index (Phi) is 5.26. The molecule has 10 heteroatoms. The van der Waals surface area contributed by atoms with Gasteiger partial charge in [0.1, 0.15) is 11.9 Å². The van der Waals surface area contributed by atoms with Gasteiger partial charge in [-0.3, -0.25) is 9.69 Å². The van der Waals surface area contributed by atoms with Crippen molar-refractivity contribution >= 4 is 29.0 Å². The van der Waals surface area contributed by atoms with Crippen molar-refractivity contribution in [3.05, 3.63) is 53.4 Å². The second-order valence-electron chi connectivity index (χ2n) is 6.58. The Labute approximate surface area is 169 Å². The zero-order chi connectivity index (χ0) is 20.4. The van der Waals surface area contributed by atoms with Gasteiger partial charge in [0.15, 0.2) is 0 Å². The van der Waals surface area contributed by atoms with Gasteiger partial charge >= 0.3 is 6.09 Å². The van der Waals surface area contributed by atoms with Crippen LogP contribution in [0.5, 0.6) is 0 Å². The Bertz CT molecular complexity index is 1040. The van der Waals surface area contributed by atoms with Crippen LogP contribution in [0, 0.1) is 5.82 Å². The highest BCUT2D eigenvalue weighted by Gasteiger charge is 2.32. The molecule has 29 heavy (non-hydrogen) atoms. The summed E-state index contributed by atoms with van der Waals surface area (Å²) in [7, 11) is 0. The average Bonchev–Trinajstić information content (AvgIpc) is 3.42. The molecule has 1 aromatic carbocycles. The highest BCUT2D eigenvalue weighted by Crippen LogP contribution is 2.33. The minimum absolute atomic E-state index is 0.200. The number of hydrogen-bond donors (Lipinski definition) is 1. The maximum Gasteiger partial charge on any atom is 0.414 e. The summed E-state index contributed by atoms with van der Waals surface area (Å²) in [5.74, 6) is -0.621. The minimum Gasteiger partial charge on any atom is -0.442 e. The van der Waals surface area contributed by atoms with E-state index < -0.39 is 18.0 Å². The molecule has 4 rings (SSSR count). The predicted octanol–water partition coefficient (Wildman–Crippen LogP) is 2.66. The second-order valence-corrected chi connectivity index (χ2v) is 7.75. The summed E-state index contributed by atoms with van der Waals surface area (Å²) in [6.45, 7) is 2.44. The Balaban J connectivity index is 1.48. The summed E-state index contributed by atoms with van der Waals surface area (Å²) in [6, 6.07) is 8.47. The smallest absolute Gasteiger partial charge is 0.414 e. The van der Waals surface area contributed by atoms with Gasteiger partial charge in [-0.15, -0.1) is 16.4 Å². The number of ether oxygens (including phenoxy) is 1. The summed E-state index contributed by atoms with van der Waals surface area (Å²) < 4.78 is 21.7. The predicted molar refractivity (Wildman–Crippen MR) is 105 cm³/mol. The lowest BCUT2D eigenvalue weighted by Crippen LogP contribution is -2.33. The lowest BCUT2D eigenvalue weighted by Gasteiger charge is -2.14. The van der Waals surface area contributed by atoms with E-state index >= 15 is 0 Å². The molecule has 1 N–H and O–H groups in total. The molecule has 0 saturated carbocycles. The molecule has 3 heterocycles. The minimum atomic E-state index is -0.557. The van der Waals surface area contributed by atoms with Gasteiger partial charge in [-0.1, -0.05) is 5.21 Å². The highest BCUT2D eigenvalue weighted by atomic mass is 32.1. The first kappa shape index (κ1) is 19.1. The molecule has 1 saturated heterocycles. The van der Waals surface area contributed by atoms with Crippen molar-refractivity contribution in [2.75, 3.05) is 18.0 Å². The number of carbonyl (C=O) groups is 2. The van der Waals surface area contributed by atoms with Crippen molar-refractivity contribution in [2.24, 2.45) is 0 Å². The van der Waals surface area contributed by atoms with Crippen LogP contribution in [0.2, 0.25) is 0 Å². The lowest BCUT2D eigenvalue weighted by molar-refractivity contribution is -0.119. The molecule has 0 aliphatic carbocycles. The number of rotatable bonds is 6. The van der Waals surface area contributed by atoms with Gasteiger partial charge in [-0.25, -0.2) is 13.9 Å². The van der Waals surface area contributed by atoms with Crippen LogP contribution in [-0.4, -0.2) is 46.2 Å². The number of hydrogen-bond acceptors (Lipinski definition) is 6. The quantitative estimate of drug-likeness (QED) is 0.669. The van der Waals surface area contributed by atoms with E-state index in [1.54, 1.807) is 29.2 Å². The molecule has 0 radical (unpaired) electrons. The Hall–Kier alpha value is -3.27. The first-order valence-corrected chi connectivity index (χ1v) is 9.76. The molecule has 0 unspecified atom stereocenters. The van der Waals surface area contributed by atoms with Gasteiger partial charge in [0.05, 0.1) is 31.5 Å². The van der Waals surface area contributed by atoms with Crippen molar-refractivity contribution in [1.82, 2.24) is 20.3 Å². The topological polar surface area (TPSA) is 89.4 Å². The molecule has 8 nitrogen and oxygen atoms in total. The van der Waals surface area contributed by atoms with Crippen molar-refractivity contribution < 1.29 is 18.7 Å². The third kappa shape index (κ3) is 4.27. The first-order valence-electron chi connectivity index (χ1n) is 8.95. The van der Waals surface area contributed by atoms with Crippen molar-refractivity contribution in [3.63, 3.8) is 0 Å². The summed E-state index contributed by atoms with van der Waals surface area (Å²) in [6.07, 6.45) is 2.35. The molecule has 1 aliphatic rings. The fraction of sp³-hybridized carbons (Fsp3) is 0.263. The fourth-order valence-corrected chi connectivity index (χ4v) is 4.08. The number of benzene rings is 1. The molecule has 150 valence electrons. The van der Waals surface area contributed by atoms with Gasteiger partial charge in [0, 0.05) is 28.4 Å². The van der Waals surface area contributed by atoms with E-state index in [1.165, 1.54) is 29.2 Å². The molecule has 3 aromatic rings. The molecule has 0 spiro atoms. The Morgan fingerprint density at radius 3 is 2.97 bits per heavy atom. The van der Waals surface area contributed by atoms with Crippen LogP contribution in [0.3, 0.4) is 0 Å². The summed E-state index contributed by atoms with van der Waals surface area (Å²) in [5, 5.41) is 10.3. The molecule has 1 aliphatic heterocycles. The number of halogens is 1. The van der Waals surface area contributed by atoms with Gasteiger partial charge in [-0.05, 0) is 30.3 Å². The molecule has 0 bridgehead atoms. The molecular formula is C19H18FN5O3S. The van der Waals surface area contributed by atoms with Crippen LogP contribution >= 0.6 is 11.3 Å². The summed E-state index contributed by atoms with van der Waals surface area (Å²) in [4.78, 5) is 26.3. The molecular weight excluding hydrogens is 397 g/mol. The number of carbonyl (C=O) groups excluding carboxylic acids is 2. The third-order valence-corrected chi connectivity index (χ3v) is 5.54. The SMILES string of the molecule is CC(=O)NC[C@H]1CN(c2ccc(-c3ccc(Cn4ccnn4)s3)c(F)c2)C(=O)O1. The normalized spacial score (nSPS) is 16.1. The first-order chi connectivity index (χ1) is 14.0. The van der Waals surface area contributed by atoms with Crippen LogP contribution in [0.25, 0.3) is 10.4 Å². The van der Waals surface area contributed by atoms with Crippen LogP contribution in [0.15, 0.2) is 42.7 Å². The van der Waals surface area contributed by atoms with E-state index in [2.05, 4.69) is 15.6 Å². The van der Waals surface area contributed by atoms with Crippen LogP contribution in [0.1, 0.15) is 11.8 Å². The van der Waals surface area contributed by atoms with E-state index in [0.717, 1.165) is 9.75 Å². The molecule has 2 aromatic heterocycles. The molecule has 2 amide bonds. The van der Waals surface area contributed by atoms with Crippen molar-refractivity contribution in [1.29, 1.82) is 0 Å². The molecule has 1 atom stereocenters. The van der Waals surface area contributed by atoms with Crippen LogP contribution in [-0.2, 0) is 16.1 Å². The number of thiophene rings is 1. The van der Waals surface area contributed by atoms with Crippen molar-refractivity contribution in [2.45, 2.75) is 19.6 Å². The van der Waals surface area contributed by atoms with E-state index in [4.69, 9.17) is 4.74 Å². The lowest BCUT2D eigenvalue weighted by atomic mass is 10.1. The fourth-order valence-electron chi connectivity index (χ4n) is 3.05. The van der Waals surface area contributed by atoms with Crippen LogP contribution < -0.4 is 10.2 Å².